The van der Waals surface area contributed by atoms with Crippen LogP contribution in [-0.4, -0.2) is 62.6 Å². The molecule has 2 aliphatic heterocycles. The average Bonchev–Trinajstić information content (AvgIpc) is 3.11. The number of ketones is 1. The zero-order chi connectivity index (χ0) is 22.5. The third kappa shape index (κ3) is 3.45. The highest BCUT2D eigenvalue weighted by atomic mass is 16.6. The third-order valence-corrected chi connectivity index (χ3v) is 7.98. The van der Waals surface area contributed by atoms with Crippen LogP contribution in [0, 0.1) is 17.3 Å². The first-order valence-electron chi connectivity index (χ1n) is 11.7. The minimum absolute atomic E-state index is 0.0464. The summed E-state index contributed by atoms with van der Waals surface area (Å²) in [4.78, 5) is 30.0. The van der Waals surface area contributed by atoms with Gasteiger partial charge in [-0.1, -0.05) is 25.1 Å². The zero-order valence-corrected chi connectivity index (χ0v) is 19.2. The predicted molar refractivity (Wildman–Crippen MR) is 123 cm³/mol. The Morgan fingerprint density at radius 1 is 1.16 bits per heavy atom. The molecule has 0 bridgehead atoms. The summed E-state index contributed by atoms with van der Waals surface area (Å²) < 4.78 is 11.5. The molecule has 4 aliphatic rings. The number of hydrogen-bond acceptors (Lipinski definition) is 6. The molecule has 170 valence electrons. The largest absolute Gasteiger partial charge is 0.495 e. The molecule has 6 heteroatoms. The fourth-order valence-electron chi connectivity index (χ4n) is 6.12. The standard InChI is InChI=1S/C26H32N2O4/c1-17-21(29)9-11-26(2)10-8-18-19(25(30)32-24(18)23(17)26)16-27-12-14-28(15-13-27)20-6-4-5-7-22(20)31-3/h4-7,9,11,18-19,24H,8,10,12-16H2,1-3H3/t18-,19+,24-,26-/m0/s1. The second-order valence-corrected chi connectivity index (χ2v) is 9.78. The maximum Gasteiger partial charge on any atom is 0.311 e. The van der Waals surface area contributed by atoms with Crippen LogP contribution in [-0.2, 0) is 14.3 Å². The van der Waals surface area contributed by atoms with E-state index in [4.69, 9.17) is 9.47 Å². The van der Waals surface area contributed by atoms with Crippen molar-refractivity contribution in [3.8, 4) is 5.75 Å². The Balaban J connectivity index is 1.27. The normalized spacial score (nSPS) is 32.6. The molecular weight excluding hydrogens is 404 g/mol. The Kier molecular flexibility index (Phi) is 5.36. The topological polar surface area (TPSA) is 59.1 Å². The van der Waals surface area contributed by atoms with E-state index in [9.17, 15) is 9.59 Å². The summed E-state index contributed by atoms with van der Waals surface area (Å²) in [7, 11) is 1.71. The number of carbonyl (C=O) groups is 2. The summed E-state index contributed by atoms with van der Waals surface area (Å²) in [5.41, 5.74) is 2.76. The second-order valence-electron chi connectivity index (χ2n) is 9.78. The number of ether oxygens (including phenoxy) is 2. The molecule has 0 amide bonds. The first-order chi connectivity index (χ1) is 15.4. The van der Waals surface area contributed by atoms with Crippen LogP contribution >= 0.6 is 0 Å². The Bertz CT molecular complexity index is 991. The lowest BCUT2D eigenvalue weighted by Gasteiger charge is -2.43. The van der Waals surface area contributed by atoms with Gasteiger partial charge in [0.25, 0.3) is 0 Å². The molecule has 5 rings (SSSR count). The zero-order valence-electron chi connectivity index (χ0n) is 19.2. The number of anilines is 1. The van der Waals surface area contributed by atoms with E-state index >= 15 is 0 Å². The van der Waals surface area contributed by atoms with Crippen molar-refractivity contribution in [1.29, 1.82) is 0 Å². The van der Waals surface area contributed by atoms with Gasteiger partial charge in [0.15, 0.2) is 5.78 Å². The first kappa shape index (κ1) is 21.3. The molecule has 0 N–H and O–H groups in total. The maximum absolute atomic E-state index is 12.9. The van der Waals surface area contributed by atoms with E-state index in [1.807, 2.05) is 31.2 Å². The Morgan fingerprint density at radius 2 is 1.91 bits per heavy atom. The minimum atomic E-state index is -0.255. The number of methoxy groups -OCH3 is 1. The van der Waals surface area contributed by atoms with Crippen molar-refractivity contribution in [3.63, 3.8) is 0 Å². The van der Waals surface area contributed by atoms with Crippen LogP contribution in [0.15, 0.2) is 47.6 Å². The molecule has 1 saturated carbocycles. The molecular formula is C26H32N2O4. The molecule has 2 saturated heterocycles. The Morgan fingerprint density at radius 3 is 2.66 bits per heavy atom. The molecule has 32 heavy (non-hydrogen) atoms. The van der Waals surface area contributed by atoms with Crippen molar-refractivity contribution in [1.82, 2.24) is 4.90 Å². The quantitative estimate of drug-likeness (QED) is 0.676. The van der Waals surface area contributed by atoms with Gasteiger partial charge in [-0.05, 0) is 43.5 Å². The Hall–Kier alpha value is -2.60. The highest BCUT2D eigenvalue weighted by molar-refractivity contribution is 6.05. The SMILES string of the molecule is COc1ccccc1N1CCN(C[C@H]2C(=O)O[C@@H]3C4=C(C)C(=O)C=C[C@]4(C)CC[C@H]32)CC1. The van der Waals surface area contributed by atoms with E-state index in [1.165, 1.54) is 0 Å². The number of nitrogens with zero attached hydrogens (tertiary/aromatic N) is 2. The molecule has 1 aromatic rings. The minimum Gasteiger partial charge on any atom is -0.495 e. The third-order valence-electron chi connectivity index (χ3n) is 7.98. The molecule has 3 fully saturated rings. The van der Waals surface area contributed by atoms with Crippen molar-refractivity contribution in [2.75, 3.05) is 44.7 Å². The monoisotopic (exact) mass is 436 g/mol. The highest BCUT2D eigenvalue weighted by Gasteiger charge is 2.54. The van der Waals surface area contributed by atoms with Gasteiger partial charge in [-0.2, -0.15) is 0 Å². The van der Waals surface area contributed by atoms with E-state index in [-0.39, 0.29) is 35.1 Å². The number of allylic oxidation sites excluding steroid dienone is 3. The Labute approximate surface area is 189 Å². The number of rotatable bonds is 4. The molecule has 2 aliphatic carbocycles. The van der Waals surface area contributed by atoms with E-state index < -0.39 is 0 Å². The second kappa shape index (κ2) is 8.07. The van der Waals surface area contributed by atoms with Gasteiger partial charge in [0.05, 0.1) is 18.7 Å². The van der Waals surface area contributed by atoms with Gasteiger partial charge in [0.1, 0.15) is 11.9 Å². The summed E-state index contributed by atoms with van der Waals surface area (Å²) in [6.45, 7) is 8.39. The van der Waals surface area contributed by atoms with Crippen LogP contribution in [0.5, 0.6) is 5.75 Å². The molecule has 4 atom stereocenters. The molecule has 0 spiro atoms. The van der Waals surface area contributed by atoms with E-state index in [2.05, 4.69) is 22.8 Å². The first-order valence-corrected chi connectivity index (χ1v) is 11.7. The fraction of sp³-hybridized carbons (Fsp3) is 0.538. The number of carbonyl (C=O) groups excluding carboxylic acids is 2. The summed E-state index contributed by atoms with van der Waals surface area (Å²) in [6.07, 6.45) is 5.36. The van der Waals surface area contributed by atoms with Crippen LogP contribution < -0.4 is 9.64 Å². The van der Waals surface area contributed by atoms with Crippen LogP contribution in [0.4, 0.5) is 5.69 Å². The van der Waals surface area contributed by atoms with Crippen LogP contribution in [0.2, 0.25) is 0 Å². The molecule has 0 unspecified atom stereocenters. The number of fused-ring (bicyclic) bond motifs is 3. The van der Waals surface area contributed by atoms with E-state index in [0.29, 0.717) is 0 Å². The summed E-state index contributed by atoms with van der Waals surface area (Å²) in [6, 6.07) is 8.12. The van der Waals surface area contributed by atoms with Gasteiger partial charge < -0.3 is 14.4 Å². The van der Waals surface area contributed by atoms with Crippen molar-refractivity contribution < 1.29 is 19.1 Å². The number of para-hydroxylation sites is 2. The smallest absolute Gasteiger partial charge is 0.311 e. The van der Waals surface area contributed by atoms with E-state index in [0.717, 1.165) is 68.1 Å². The molecule has 2 heterocycles. The molecule has 0 radical (unpaired) electrons. The van der Waals surface area contributed by atoms with Gasteiger partial charge in [0, 0.05) is 49.6 Å². The van der Waals surface area contributed by atoms with Crippen molar-refractivity contribution in [2.24, 2.45) is 17.3 Å². The lowest BCUT2D eigenvalue weighted by molar-refractivity contribution is -0.144. The lowest BCUT2D eigenvalue weighted by atomic mass is 9.61. The van der Waals surface area contributed by atoms with Gasteiger partial charge in [-0.15, -0.1) is 0 Å². The predicted octanol–water partition coefficient (Wildman–Crippen LogP) is 3.23. The molecule has 6 nitrogen and oxygen atoms in total. The fourth-order valence-corrected chi connectivity index (χ4v) is 6.12. The summed E-state index contributed by atoms with van der Waals surface area (Å²) >= 11 is 0. The molecule has 0 aromatic heterocycles. The number of piperazine rings is 1. The van der Waals surface area contributed by atoms with Crippen molar-refractivity contribution >= 4 is 17.4 Å². The van der Waals surface area contributed by atoms with E-state index in [1.54, 1.807) is 13.2 Å². The highest BCUT2D eigenvalue weighted by Crippen LogP contribution is 2.53. The maximum atomic E-state index is 12.9. The number of esters is 1. The van der Waals surface area contributed by atoms with Gasteiger partial charge in [-0.25, -0.2) is 0 Å². The molecule has 1 aromatic carbocycles. The van der Waals surface area contributed by atoms with Gasteiger partial charge >= 0.3 is 5.97 Å². The number of hydrogen-bond donors (Lipinski definition) is 0. The van der Waals surface area contributed by atoms with Crippen LogP contribution in [0.1, 0.15) is 26.7 Å². The van der Waals surface area contributed by atoms with Crippen molar-refractivity contribution in [2.45, 2.75) is 32.8 Å². The van der Waals surface area contributed by atoms with Crippen LogP contribution in [0.3, 0.4) is 0 Å². The lowest BCUT2D eigenvalue weighted by Crippen LogP contribution is -2.49. The summed E-state index contributed by atoms with van der Waals surface area (Å²) in [5.74, 6) is 0.882. The van der Waals surface area contributed by atoms with Crippen molar-refractivity contribution in [3.05, 3.63) is 47.6 Å². The van der Waals surface area contributed by atoms with Gasteiger partial charge in [0.2, 0.25) is 0 Å². The summed E-state index contributed by atoms with van der Waals surface area (Å²) in [5, 5.41) is 0. The van der Waals surface area contributed by atoms with Gasteiger partial charge in [-0.3, -0.25) is 14.5 Å². The number of benzene rings is 1. The van der Waals surface area contributed by atoms with Crippen LogP contribution in [0.25, 0.3) is 0 Å². The average molecular weight is 437 g/mol.